The minimum absolute atomic E-state index is 0.221. The number of aryl methyl sites for hydroxylation is 2. The van der Waals surface area contributed by atoms with E-state index in [0.29, 0.717) is 11.5 Å². The second-order valence-electron chi connectivity index (χ2n) is 4.34. The van der Waals surface area contributed by atoms with Crippen molar-refractivity contribution in [1.29, 1.82) is 0 Å². The Balaban J connectivity index is 2.08. The zero-order valence-electron chi connectivity index (χ0n) is 10.5. The maximum Gasteiger partial charge on any atom is 0.348 e. The average molecular weight is 388 g/mol. The van der Waals surface area contributed by atoms with Crippen LogP contribution < -0.4 is 0 Å². The zero-order chi connectivity index (χ0) is 13.4. The van der Waals surface area contributed by atoms with Gasteiger partial charge >= 0.3 is 5.97 Å². The Bertz CT molecular complexity index is 633. The van der Waals surface area contributed by atoms with Gasteiger partial charge in [0, 0.05) is 17.0 Å². The molecule has 0 unspecified atom stereocenters. The highest BCUT2D eigenvalue weighted by Gasteiger charge is 2.23. The maximum absolute atomic E-state index is 11.8. The van der Waals surface area contributed by atoms with Crippen LogP contribution >= 0.6 is 33.9 Å². The molecule has 1 aliphatic heterocycles. The fourth-order valence-corrected chi connectivity index (χ4v) is 4.10. The number of hydrogen-bond acceptors (Lipinski definition) is 4. The Hall–Kier alpha value is -0.890. The van der Waals surface area contributed by atoms with Gasteiger partial charge in [-0.3, -0.25) is 4.68 Å². The molecule has 0 aromatic carbocycles. The van der Waals surface area contributed by atoms with Crippen molar-refractivity contribution in [3.8, 4) is 11.3 Å². The van der Waals surface area contributed by atoms with Crippen molar-refractivity contribution in [3.63, 3.8) is 0 Å². The summed E-state index contributed by atoms with van der Waals surface area (Å²) in [5.41, 5.74) is 2.28. The molecule has 0 bridgehead atoms. The fourth-order valence-electron chi connectivity index (χ4n) is 2.31. The Morgan fingerprint density at radius 2 is 2.47 bits per heavy atom. The molecule has 0 amide bonds. The van der Waals surface area contributed by atoms with Crippen LogP contribution in [0.2, 0.25) is 0 Å². The molecule has 0 spiro atoms. The van der Waals surface area contributed by atoms with E-state index in [9.17, 15) is 4.79 Å². The molecule has 3 rings (SSSR count). The molecule has 0 N–H and O–H groups in total. The van der Waals surface area contributed by atoms with Crippen molar-refractivity contribution in [3.05, 3.63) is 25.6 Å². The minimum Gasteiger partial charge on any atom is -0.462 e. The van der Waals surface area contributed by atoms with Gasteiger partial charge < -0.3 is 4.74 Å². The van der Waals surface area contributed by atoms with Crippen LogP contribution in [0.1, 0.15) is 27.9 Å². The van der Waals surface area contributed by atoms with Crippen LogP contribution in [0.4, 0.5) is 0 Å². The number of carbonyl (C=O) groups is 1. The van der Waals surface area contributed by atoms with Gasteiger partial charge in [-0.15, -0.1) is 11.3 Å². The van der Waals surface area contributed by atoms with Crippen LogP contribution in [0, 0.1) is 3.57 Å². The van der Waals surface area contributed by atoms with E-state index in [0.717, 1.165) is 34.2 Å². The maximum atomic E-state index is 11.8. The highest BCUT2D eigenvalue weighted by molar-refractivity contribution is 14.1. The molecule has 0 radical (unpaired) electrons. The van der Waals surface area contributed by atoms with Crippen molar-refractivity contribution >= 4 is 39.9 Å². The topological polar surface area (TPSA) is 44.1 Å². The summed E-state index contributed by atoms with van der Waals surface area (Å²) in [5.74, 6) is -0.221. The molecule has 1 aliphatic rings. The van der Waals surface area contributed by atoms with E-state index < -0.39 is 0 Å². The summed E-state index contributed by atoms with van der Waals surface area (Å²) in [6, 6.07) is 1.96. The summed E-state index contributed by atoms with van der Waals surface area (Å²) < 4.78 is 8.25. The molecule has 2 aromatic heterocycles. The van der Waals surface area contributed by atoms with Gasteiger partial charge in [-0.2, -0.15) is 5.10 Å². The van der Waals surface area contributed by atoms with Crippen LogP contribution in [0.5, 0.6) is 0 Å². The van der Waals surface area contributed by atoms with Crippen LogP contribution in [0.15, 0.2) is 12.3 Å². The molecule has 2 aromatic rings. The van der Waals surface area contributed by atoms with Crippen molar-refractivity contribution in [2.75, 3.05) is 6.61 Å². The largest absolute Gasteiger partial charge is 0.462 e. The van der Waals surface area contributed by atoms with E-state index in [1.54, 1.807) is 11.3 Å². The summed E-state index contributed by atoms with van der Waals surface area (Å²) in [7, 11) is 0. The quantitative estimate of drug-likeness (QED) is 0.586. The molecule has 4 nitrogen and oxygen atoms in total. The predicted molar refractivity (Wildman–Crippen MR) is 82.5 cm³/mol. The van der Waals surface area contributed by atoms with Gasteiger partial charge in [0.25, 0.3) is 0 Å². The Kier molecular flexibility index (Phi) is 3.62. The predicted octanol–water partition coefficient (Wildman–Crippen LogP) is 3.34. The second-order valence-corrected chi connectivity index (χ2v) is 6.63. The first-order chi connectivity index (χ1) is 9.20. The molecule has 0 aliphatic carbocycles. The van der Waals surface area contributed by atoms with Crippen molar-refractivity contribution in [2.45, 2.75) is 26.3 Å². The molecule has 19 heavy (non-hydrogen) atoms. The average Bonchev–Trinajstić information content (AvgIpc) is 2.90. The lowest BCUT2D eigenvalue weighted by molar-refractivity contribution is 0.0532. The molecule has 0 saturated carbocycles. The van der Waals surface area contributed by atoms with Crippen LogP contribution in [-0.4, -0.2) is 22.4 Å². The first-order valence-electron chi connectivity index (χ1n) is 6.22. The number of aromatic nitrogens is 2. The number of halogens is 1. The first kappa shape index (κ1) is 13.1. The number of nitrogens with zero attached hydrogens (tertiary/aromatic N) is 2. The SMILES string of the molecule is CCOC(=O)c1cc2c(s1)CCCn1ncc(I)c1-2. The highest BCUT2D eigenvalue weighted by Crippen LogP contribution is 2.37. The zero-order valence-corrected chi connectivity index (χ0v) is 13.5. The summed E-state index contributed by atoms with van der Waals surface area (Å²) in [4.78, 5) is 13.8. The highest BCUT2D eigenvalue weighted by atomic mass is 127. The van der Waals surface area contributed by atoms with Crippen LogP contribution in [0.3, 0.4) is 0 Å². The van der Waals surface area contributed by atoms with Gasteiger partial charge in [-0.25, -0.2) is 4.79 Å². The van der Waals surface area contributed by atoms with Crippen LogP contribution in [-0.2, 0) is 17.7 Å². The van der Waals surface area contributed by atoms with Gasteiger partial charge in [0.05, 0.1) is 22.1 Å². The normalized spacial score (nSPS) is 13.6. The fraction of sp³-hybridized carbons (Fsp3) is 0.385. The summed E-state index contributed by atoms with van der Waals surface area (Å²) in [6.45, 7) is 3.18. The van der Waals surface area contributed by atoms with E-state index in [4.69, 9.17) is 4.74 Å². The number of ether oxygens (including phenoxy) is 1. The number of rotatable bonds is 2. The van der Waals surface area contributed by atoms with Crippen molar-refractivity contribution in [2.24, 2.45) is 0 Å². The van der Waals surface area contributed by atoms with E-state index in [2.05, 4.69) is 27.7 Å². The molecular weight excluding hydrogens is 375 g/mol. The lowest BCUT2D eigenvalue weighted by Crippen LogP contribution is -2.02. The minimum atomic E-state index is -0.221. The van der Waals surface area contributed by atoms with E-state index in [1.165, 1.54) is 4.88 Å². The molecule has 100 valence electrons. The monoisotopic (exact) mass is 388 g/mol. The third kappa shape index (κ3) is 2.31. The number of esters is 1. The summed E-state index contributed by atoms with van der Waals surface area (Å²) >= 11 is 3.85. The Labute approximate surface area is 128 Å². The van der Waals surface area contributed by atoms with E-state index >= 15 is 0 Å². The van der Waals surface area contributed by atoms with E-state index in [-0.39, 0.29) is 5.97 Å². The Morgan fingerprint density at radius 1 is 1.63 bits per heavy atom. The molecule has 0 saturated heterocycles. The van der Waals surface area contributed by atoms with Crippen molar-refractivity contribution < 1.29 is 9.53 Å². The van der Waals surface area contributed by atoms with E-state index in [1.807, 2.05) is 23.9 Å². The number of hydrogen-bond donors (Lipinski definition) is 0. The Morgan fingerprint density at radius 3 is 3.26 bits per heavy atom. The number of fused-ring (bicyclic) bond motifs is 3. The lowest BCUT2D eigenvalue weighted by atomic mass is 10.1. The summed E-state index contributed by atoms with van der Waals surface area (Å²) in [5, 5.41) is 4.40. The second kappa shape index (κ2) is 5.24. The molecule has 0 atom stereocenters. The lowest BCUT2D eigenvalue weighted by Gasteiger charge is -2.02. The molecular formula is C13H13IN2O2S. The first-order valence-corrected chi connectivity index (χ1v) is 8.11. The van der Waals surface area contributed by atoms with Crippen molar-refractivity contribution in [1.82, 2.24) is 9.78 Å². The van der Waals surface area contributed by atoms with Crippen LogP contribution in [0.25, 0.3) is 11.3 Å². The third-order valence-electron chi connectivity index (χ3n) is 3.11. The van der Waals surface area contributed by atoms with Gasteiger partial charge in [0.15, 0.2) is 0 Å². The molecule has 6 heteroatoms. The van der Waals surface area contributed by atoms with Gasteiger partial charge in [0.2, 0.25) is 0 Å². The molecule has 3 heterocycles. The van der Waals surface area contributed by atoms with Gasteiger partial charge in [-0.05, 0) is 48.4 Å². The summed E-state index contributed by atoms with van der Waals surface area (Å²) in [6.07, 6.45) is 3.94. The standard InChI is InChI=1S/C13H13IN2O2S/c1-2-18-13(17)11-6-8-10(19-11)4-3-5-16-12(8)9(14)7-15-16/h6-7H,2-5H2,1H3. The number of carbonyl (C=O) groups excluding carboxylic acids is 1. The van der Waals surface area contributed by atoms with Gasteiger partial charge in [-0.1, -0.05) is 0 Å². The smallest absolute Gasteiger partial charge is 0.348 e. The third-order valence-corrected chi connectivity index (χ3v) is 5.07. The number of thiophene rings is 1. The van der Waals surface area contributed by atoms with Gasteiger partial charge in [0.1, 0.15) is 4.88 Å². The molecule has 0 fully saturated rings.